The minimum absolute atomic E-state index is 0.110. The van der Waals surface area contributed by atoms with E-state index in [1.165, 1.54) is 0 Å². The van der Waals surface area contributed by atoms with E-state index in [1.54, 1.807) is 24.3 Å². The predicted octanol–water partition coefficient (Wildman–Crippen LogP) is 1.81. The fourth-order valence-corrected chi connectivity index (χ4v) is 2.81. The van der Waals surface area contributed by atoms with Crippen molar-refractivity contribution >= 4 is 28.8 Å². The molecule has 6 heteroatoms. The molecule has 2 N–H and O–H groups in total. The average molecular weight is 278 g/mol. The molecular formula is C13H14N2O3S. The highest BCUT2D eigenvalue weighted by Crippen LogP contribution is 2.30. The van der Waals surface area contributed by atoms with Crippen molar-refractivity contribution in [3.63, 3.8) is 0 Å². The van der Waals surface area contributed by atoms with Crippen molar-refractivity contribution in [2.45, 2.75) is 24.6 Å². The van der Waals surface area contributed by atoms with Gasteiger partial charge in [-0.15, -0.1) is 0 Å². The Labute approximate surface area is 115 Å². The number of carbonyl (C=O) groups is 2. The number of rotatable bonds is 3. The minimum atomic E-state index is -0.952. The first-order valence-corrected chi connectivity index (χ1v) is 6.76. The molecule has 1 amide bonds. The fraction of sp³-hybridized carbons (Fsp3) is 0.308. The van der Waals surface area contributed by atoms with E-state index in [4.69, 9.17) is 0 Å². The number of carboxylic acid groups (broad SMARTS) is 1. The molecule has 1 aliphatic heterocycles. The molecule has 0 saturated heterocycles. The first kappa shape index (κ1) is 13.6. The van der Waals surface area contributed by atoms with Gasteiger partial charge in [0.25, 0.3) is 0 Å². The monoisotopic (exact) mass is 278 g/mol. The summed E-state index contributed by atoms with van der Waals surface area (Å²) in [5.74, 6) is -1.08. The molecule has 0 aromatic heterocycles. The van der Waals surface area contributed by atoms with Crippen molar-refractivity contribution in [2.75, 3.05) is 0 Å². The van der Waals surface area contributed by atoms with Gasteiger partial charge in [0.15, 0.2) is 5.17 Å². The van der Waals surface area contributed by atoms with E-state index in [1.807, 2.05) is 13.0 Å². The topological polar surface area (TPSA) is 78.8 Å². The van der Waals surface area contributed by atoms with Gasteiger partial charge in [0, 0.05) is 6.42 Å². The number of aliphatic imine (C=N–C) groups is 1. The van der Waals surface area contributed by atoms with Crippen LogP contribution in [0.5, 0.6) is 0 Å². The normalized spacial score (nSPS) is 20.4. The van der Waals surface area contributed by atoms with Crippen molar-refractivity contribution in [1.82, 2.24) is 5.32 Å². The highest BCUT2D eigenvalue weighted by molar-refractivity contribution is 8.14. The van der Waals surface area contributed by atoms with Gasteiger partial charge >= 0.3 is 5.97 Å². The zero-order valence-corrected chi connectivity index (χ0v) is 11.2. The Bertz CT molecular complexity index is 516. The summed E-state index contributed by atoms with van der Waals surface area (Å²) >= 11 is 1.05. The van der Waals surface area contributed by atoms with Gasteiger partial charge in [-0.3, -0.25) is 14.6 Å². The van der Waals surface area contributed by atoms with E-state index in [-0.39, 0.29) is 11.9 Å². The number of amides is 1. The van der Waals surface area contributed by atoms with Crippen molar-refractivity contribution < 1.29 is 14.7 Å². The maximum absolute atomic E-state index is 11.4. The Balaban J connectivity index is 2.18. The molecule has 0 radical (unpaired) electrons. The van der Waals surface area contributed by atoms with E-state index < -0.39 is 11.2 Å². The Morgan fingerprint density at radius 3 is 2.74 bits per heavy atom. The van der Waals surface area contributed by atoms with E-state index in [0.29, 0.717) is 17.2 Å². The number of thioether (sulfide) groups is 1. The Kier molecular flexibility index (Phi) is 4.21. The van der Waals surface area contributed by atoms with Crippen LogP contribution in [-0.4, -0.2) is 28.2 Å². The largest absolute Gasteiger partial charge is 0.480 e. The molecule has 1 aromatic carbocycles. The highest BCUT2D eigenvalue weighted by Gasteiger charge is 2.26. The van der Waals surface area contributed by atoms with E-state index in [2.05, 4.69) is 10.3 Å². The highest BCUT2D eigenvalue weighted by atomic mass is 32.2. The third-order valence-electron chi connectivity index (χ3n) is 2.62. The number of nitrogens with zero attached hydrogens (tertiary/aromatic N) is 1. The molecule has 1 aliphatic rings. The van der Waals surface area contributed by atoms with Crippen molar-refractivity contribution in [1.29, 1.82) is 0 Å². The SMILES string of the molecule is CC1CC(=O)NC(SC(C(=O)O)c2ccccc2)=N1. The lowest BCUT2D eigenvalue weighted by molar-refractivity contribution is -0.136. The summed E-state index contributed by atoms with van der Waals surface area (Å²) in [5.41, 5.74) is 0.676. The molecule has 1 heterocycles. The second kappa shape index (κ2) is 5.88. The van der Waals surface area contributed by atoms with Gasteiger partial charge in [0.2, 0.25) is 5.91 Å². The molecule has 0 aliphatic carbocycles. The first-order chi connectivity index (χ1) is 9.06. The molecule has 2 atom stereocenters. The van der Waals surface area contributed by atoms with Gasteiger partial charge in [-0.2, -0.15) is 0 Å². The maximum atomic E-state index is 11.4. The molecular weight excluding hydrogens is 264 g/mol. The van der Waals surface area contributed by atoms with Crippen LogP contribution in [0.25, 0.3) is 0 Å². The smallest absolute Gasteiger partial charge is 0.321 e. The number of benzene rings is 1. The molecule has 0 spiro atoms. The van der Waals surface area contributed by atoms with Crippen LogP contribution in [0.4, 0.5) is 0 Å². The lowest BCUT2D eigenvalue weighted by atomic mass is 10.1. The summed E-state index contributed by atoms with van der Waals surface area (Å²) in [6, 6.07) is 8.79. The standard InChI is InChI=1S/C13H14N2O3S/c1-8-7-10(16)15-13(14-8)19-11(12(17)18)9-5-3-2-4-6-9/h2-6,8,11H,7H2,1H3,(H,17,18)(H,14,15,16). The summed E-state index contributed by atoms with van der Waals surface area (Å²) in [6.45, 7) is 1.83. The summed E-state index contributed by atoms with van der Waals surface area (Å²) in [6.07, 6.45) is 0.340. The van der Waals surface area contributed by atoms with Gasteiger partial charge < -0.3 is 10.4 Å². The number of carboxylic acids is 1. The van der Waals surface area contributed by atoms with E-state index in [0.717, 1.165) is 11.8 Å². The molecule has 0 saturated carbocycles. The summed E-state index contributed by atoms with van der Waals surface area (Å²) < 4.78 is 0. The zero-order valence-electron chi connectivity index (χ0n) is 10.4. The number of hydrogen-bond donors (Lipinski definition) is 2. The van der Waals surface area contributed by atoms with E-state index >= 15 is 0 Å². The molecule has 5 nitrogen and oxygen atoms in total. The van der Waals surface area contributed by atoms with Crippen molar-refractivity contribution in [2.24, 2.45) is 4.99 Å². The average Bonchev–Trinajstić information content (AvgIpc) is 2.35. The number of hydrogen-bond acceptors (Lipinski definition) is 4. The Hall–Kier alpha value is -1.82. The number of amidine groups is 1. The quantitative estimate of drug-likeness (QED) is 0.883. The maximum Gasteiger partial charge on any atom is 0.321 e. The van der Waals surface area contributed by atoms with Crippen LogP contribution in [-0.2, 0) is 9.59 Å². The summed E-state index contributed by atoms with van der Waals surface area (Å²) in [7, 11) is 0. The summed E-state index contributed by atoms with van der Waals surface area (Å²) in [5, 5.41) is 11.5. The minimum Gasteiger partial charge on any atom is -0.480 e. The second-order valence-electron chi connectivity index (χ2n) is 4.28. The van der Waals surface area contributed by atoms with Crippen molar-refractivity contribution in [3.05, 3.63) is 35.9 Å². The third kappa shape index (κ3) is 3.57. The Morgan fingerprint density at radius 1 is 1.47 bits per heavy atom. The van der Waals surface area contributed by atoms with Crippen LogP contribution in [0, 0.1) is 0 Å². The lowest BCUT2D eigenvalue weighted by Gasteiger charge is -2.20. The molecule has 1 aromatic rings. The third-order valence-corrected chi connectivity index (χ3v) is 3.76. The van der Waals surface area contributed by atoms with Gasteiger partial charge in [-0.1, -0.05) is 42.1 Å². The van der Waals surface area contributed by atoms with Crippen LogP contribution >= 0.6 is 11.8 Å². The van der Waals surface area contributed by atoms with Crippen LogP contribution in [0.1, 0.15) is 24.2 Å². The summed E-state index contributed by atoms with van der Waals surface area (Å²) in [4.78, 5) is 27.0. The van der Waals surface area contributed by atoms with Crippen LogP contribution < -0.4 is 5.32 Å². The molecule has 2 rings (SSSR count). The lowest BCUT2D eigenvalue weighted by Crippen LogP contribution is -2.36. The number of aliphatic carboxylic acids is 1. The number of carbonyl (C=O) groups excluding carboxylic acids is 1. The molecule has 0 fully saturated rings. The van der Waals surface area contributed by atoms with Crippen molar-refractivity contribution in [3.8, 4) is 0 Å². The second-order valence-corrected chi connectivity index (χ2v) is 5.38. The fourth-order valence-electron chi connectivity index (χ4n) is 1.78. The van der Waals surface area contributed by atoms with Gasteiger partial charge in [-0.25, -0.2) is 0 Å². The van der Waals surface area contributed by atoms with Gasteiger partial charge in [0.05, 0.1) is 6.04 Å². The predicted molar refractivity (Wildman–Crippen MR) is 74.1 cm³/mol. The van der Waals surface area contributed by atoms with Crippen LogP contribution in [0.2, 0.25) is 0 Å². The van der Waals surface area contributed by atoms with Gasteiger partial charge in [-0.05, 0) is 12.5 Å². The number of nitrogens with one attached hydrogen (secondary N) is 1. The van der Waals surface area contributed by atoms with Crippen LogP contribution in [0.15, 0.2) is 35.3 Å². The Morgan fingerprint density at radius 2 is 2.16 bits per heavy atom. The molecule has 19 heavy (non-hydrogen) atoms. The van der Waals surface area contributed by atoms with Crippen LogP contribution in [0.3, 0.4) is 0 Å². The van der Waals surface area contributed by atoms with Gasteiger partial charge in [0.1, 0.15) is 5.25 Å². The molecule has 100 valence electrons. The van der Waals surface area contributed by atoms with E-state index in [9.17, 15) is 14.7 Å². The first-order valence-electron chi connectivity index (χ1n) is 5.88. The molecule has 2 unspecified atom stereocenters. The zero-order chi connectivity index (χ0) is 13.8. The molecule has 0 bridgehead atoms.